The van der Waals surface area contributed by atoms with Gasteiger partial charge in [0.1, 0.15) is 6.04 Å². The molecule has 0 aromatic rings. The number of carboxylic acids is 1. The highest BCUT2D eigenvalue weighted by atomic mass is 16.4. The van der Waals surface area contributed by atoms with Crippen LogP contribution in [-0.2, 0) is 14.4 Å². The highest BCUT2D eigenvalue weighted by Crippen LogP contribution is 2.13. The van der Waals surface area contributed by atoms with Gasteiger partial charge in [-0.1, -0.05) is 13.8 Å². The molecule has 1 heterocycles. The first-order valence-electron chi connectivity index (χ1n) is 5.71. The van der Waals surface area contributed by atoms with Crippen molar-refractivity contribution in [2.75, 3.05) is 6.54 Å². The number of carboxylic acid groups (broad SMARTS) is 1. The second-order valence-electron chi connectivity index (χ2n) is 4.61. The number of amides is 2. The molecule has 17 heavy (non-hydrogen) atoms. The maximum Gasteiger partial charge on any atom is 0.326 e. The molecule has 6 nitrogen and oxygen atoms in total. The van der Waals surface area contributed by atoms with Crippen molar-refractivity contribution in [3.63, 3.8) is 0 Å². The third-order valence-electron chi connectivity index (χ3n) is 2.85. The molecule has 1 aliphatic rings. The summed E-state index contributed by atoms with van der Waals surface area (Å²) in [6, 6.07) is -0.896. The highest BCUT2D eigenvalue weighted by molar-refractivity contribution is 5.89. The van der Waals surface area contributed by atoms with Gasteiger partial charge < -0.3 is 15.7 Å². The number of aliphatic carboxylic acids is 1. The zero-order chi connectivity index (χ0) is 13.0. The molecule has 1 rings (SSSR count). The van der Waals surface area contributed by atoms with E-state index in [1.807, 2.05) is 0 Å². The van der Waals surface area contributed by atoms with Crippen LogP contribution in [-0.4, -0.2) is 35.5 Å². The maximum atomic E-state index is 11.8. The van der Waals surface area contributed by atoms with Crippen molar-refractivity contribution in [1.29, 1.82) is 0 Å². The van der Waals surface area contributed by atoms with Crippen molar-refractivity contribution < 1.29 is 19.5 Å². The van der Waals surface area contributed by atoms with Crippen LogP contribution in [0.2, 0.25) is 0 Å². The Hall–Kier alpha value is -1.59. The molecule has 0 aromatic carbocycles. The van der Waals surface area contributed by atoms with Crippen LogP contribution < -0.4 is 10.6 Å². The van der Waals surface area contributed by atoms with Gasteiger partial charge in [0, 0.05) is 18.9 Å². The largest absolute Gasteiger partial charge is 0.480 e. The van der Waals surface area contributed by atoms with Crippen molar-refractivity contribution in [2.45, 2.75) is 32.7 Å². The molecule has 0 aromatic heterocycles. The third kappa shape index (κ3) is 3.72. The van der Waals surface area contributed by atoms with Crippen LogP contribution in [0.15, 0.2) is 0 Å². The fourth-order valence-corrected chi connectivity index (χ4v) is 1.79. The minimum absolute atomic E-state index is 0.135. The summed E-state index contributed by atoms with van der Waals surface area (Å²) in [6.07, 6.45) is 0.693. The standard InChI is InChI=1S/C11H18N2O4/c1-6(2)9(11(16)17)13-10(15)7-3-4-12-8(14)5-7/h6-7,9H,3-5H2,1-2H3,(H,12,14)(H,13,15)(H,16,17)/t7?,9-/m0/s1. The second-order valence-corrected chi connectivity index (χ2v) is 4.61. The van der Waals surface area contributed by atoms with Crippen molar-refractivity contribution in [3.05, 3.63) is 0 Å². The summed E-state index contributed by atoms with van der Waals surface area (Å²) in [6.45, 7) is 3.93. The Bertz CT molecular complexity index is 327. The lowest BCUT2D eigenvalue weighted by atomic mass is 9.95. The van der Waals surface area contributed by atoms with Crippen LogP contribution in [0.4, 0.5) is 0 Å². The van der Waals surface area contributed by atoms with E-state index in [4.69, 9.17) is 5.11 Å². The van der Waals surface area contributed by atoms with E-state index in [1.54, 1.807) is 13.8 Å². The lowest BCUT2D eigenvalue weighted by molar-refractivity contribution is -0.144. The average Bonchev–Trinajstić information content (AvgIpc) is 2.24. The van der Waals surface area contributed by atoms with E-state index in [2.05, 4.69) is 10.6 Å². The molecule has 3 N–H and O–H groups in total. The number of hydrogen-bond donors (Lipinski definition) is 3. The summed E-state index contributed by atoms with van der Waals surface area (Å²) in [7, 11) is 0. The average molecular weight is 242 g/mol. The van der Waals surface area contributed by atoms with E-state index in [0.29, 0.717) is 13.0 Å². The van der Waals surface area contributed by atoms with Crippen molar-refractivity contribution in [1.82, 2.24) is 10.6 Å². The van der Waals surface area contributed by atoms with Gasteiger partial charge in [0.15, 0.2) is 0 Å². The quantitative estimate of drug-likeness (QED) is 0.632. The van der Waals surface area contributed by atoms with Crippen LogP contribution in [0.25, 0.3) is 0 Å². The molecule has 96 valence electrons. The first-order valence-corrected chi connectivity index (χ1v) is 5.71. The Morgan fingerprint density at radius 1 is 1.47 bits per heavy atom. The molecule has 1 fully saturated rings. The number of carbonyl (C=O) groups is 3. The van der Waals surface area contributed by atoms with Crippen LogP contribution in [0, 0.1) is 11.8 Å². The smallest absolute Gasteiger partial charge is 0.326 e. The summed E-state index contributed by atoms with van der Waals surface area (Å²) in [5.74, 6) is -2.15. The van der Waals surface area contributed by atoms with E-state index in [1.165, 1.54) is 0 Å². The third-order valence-corrected chi connectivity index (χ3v) is 2.85. The Morgan fingerprint density at radius 3 is 2.59 bits per heavy atom. The lowest BCUT2D eigenvalue weighted by Crippen LogP contribution is -2.49. The van der Waals surface area contributed by atoms with Crippen molar-refractivity contribution in [3.8, 4) is 0 Å². The fraction of sp³-hybridized carbons (Fsp3) is 0.727. The number of piperidine rings is 1. The molecule has 1 saturated heterocycles. The van der Waals surface area contributed by atoms with Gasteiger partial charge in [-0.3, -0.25) is 9.59 Å². The summed E-state index contributed by atoms with van der Waals surface area (Å²) < 4.78 is 0. The number of carbonyl (C=O) groups excluding carboxylic acids is 2. The van der Waals surface area contributed by atoms with E-state index < -0.39 is 17.9 Å². The van der Waals surface area contributed by atoms with Crippen LogP contribution in [0.1, 0.15) is 26.7 Å². The van der Waals surface area contributed by atoms with Gasteiger partial charge in [-0.05, 0) is 12.3 Å². The number of nitrogens with one attached hydrogen (secondary N) is 2. The van der Waals surface area contributed by atoms with E-state index >= 15 is 0 Å². The van der Waals surface area contributed by atoms with Gasteiger partial charge in [0.25, 0.3) is 0 Å². The van der Waals surface area contributed by atoms with Gasteiger partial charge in [-0.15, -0.1) is 0 Å². The molecule has 1 unspecified atom stereocenters. The van der Waals surface area contributed by atoms with Crippen molar-refractivity contribution in [2.24, 2.45) is 11.8 Å². The summed E-state index contributed by atoms with van der Waals surface area (Å²) >= 11 is 0. The summed E-state index contributed by atoms with van der Waals surface area (Å²) in [4.78, 5) is 33.9. The number of rotatable bonds is 4. The first kappa shape index (κ1) is 13.5. The van der Waals surface area contributed by atoms with Gasteiger partial charge in [0.2, 0.25) is 11.8 Å². The fourth-order valence-electron chi connectivity index (χ4n) is 1.79. The van der Waals surface area contributed by atoms with Gasteiger partial charge in [0.05, 0.1) is 0 Å². The zero-order valence-corrected chi connectivity index (χ0v) is 10.0. The molecule has 6 heteroatoms. The predicted octanol–water partition coefficient (Wildman–Crippen LogP) is -0.262. The molecule has 2 amide bonds. The van der Waals surface area contributed by atoms with Crippen molar-refractivity contribution >= 4 is 17.8 Å². The van der Waals surface area contributed by atoms with E-state index in [9.17, 15) is 14.4 Å². The molecule has 1 aliphatic heterocycles. The van der Waals surface area contributed by atoms with Crippen LogP contribution in [0.5, 0.6) is 0 Å². The molecule has 0 spiro atoms. The predicted molar refractivity (Wildman–Crippen MR) is 60.1 cm³/mol. The minimum Gasteiger partial charge on any atom is -0.480 e. The zero-order valence-electron chi connectivity index (χ0n) is 10.0. The highest BCUT2D eigenvalue weighted by Gasteiger charge is 2.30. The Labute approximate surface area is 99.8 Å². The summed E-state index contributed by atoms with van der Waals surface area (Å²) in [5, 5.41) is 14.1. The molecular formula is C11H18N2O4. The van der Waals surface area contributed by atoms with Crippen LogP contribution >= 0.6 is 0 Å². The minimum atomic E-state index is -1.05. The molecule has 0 radical (unpaired) electrons. The SMILES string of the molecule is CC(C)[C@H](NC(=O)C1CCNC(=O)C1)C(=O)O. The first-order chi connectivity index (χ1) is 7.91. The Kier molecular flexibility index (Phi) is 4.48. The second kappa shape index (κ2) is 5.65. The Balaban J connectivity index is 2.57. The van der Waals surface area contributed by atoms with Gasteiger partial charge >= 0.3 is 5.97 Å². The molecule has 0 bridgehead atoms. The molecular weight excluding hydrogens is 224 g/mol. The normalized spacial score (nSPS) is 21.8. The molecule has 2 atom stereocenters. The number of hydrogen-bond acceptors (Lipinski definition) is 3. The lowest BCUT2D eigenvalue weighted by Gasteiger charge is -2.24. The summed E-state index contributed by atoms with van der Waals surface area (Å²) in [5.41, 5.74) is 0. The molecule has 0 saturated carbocycles. The maximum absolute atomic E-state index is 11.8. The topological polar surface area (TPSA) is 95.5 Å². The molecule has 0 aliphatic carbocycles. The van der Waals surface area contributed by atoms with Gasteiger partial charge in [-0.2, -0.15) is 0 Å². The van der Waals surface area contributed by atoms with Gasteiger partial charge in [-0.25, -0.2) is 4.79 Å². The van der Waals surface area contributed by atoms with E-state index in [0.717, 1.165) is 0 Å². The van der Waals surface area contributed by atoms with Crippen LogP contribution in [0.3, 0.4) is 0 Å². The Morgan fingerprint density at radius 2 is 2.12 bits per heavy atom. The monoisotopic (exact) mass is 242 g/mol. The van der Waals surface area contributed by atoms with E-state index in [-0.39, 0.29) is 24.2 Å².